The fourth-order valence-electron chi connectivity index (χ4n) is 2.35. The third-order valence-corrected chi connectivity index (χ3v) is 4.40. The molecule has 2 aromatic carbocycles. The lowest BCUT2D eigenvalue weighted by Crippen LogP contribution is -1.95. The molecule has 0 aliphatic carbocycles. The molecule has 1 N–H and O–H groups in total. The van der Waals surface area contributed by atoms with Gasteiger partial charge >= 0.3 is 0 Å². The highest BCUT2D eigenvalue weighted by molar-refractivity contribution is 9.10. The van der Waals surface area contributed by atoms with Crippen LogP contribution < -0.4 is 5.32 Å². The molecule has 3 nitrogen and oxygen atoms in total. The van der Waals surface area contributed by atoms with Crippen LogP contribution in [0.2, 0.25) is 0 Å². The molecule has 0 bridgehead atoms. The van der Waals surface area contributed by atoms with Crippen LogP contribution in [0.1, 0.15) is 5.69 Å². The molecule has 0 unspecified atom stereocenters. The molecule has 1 aromatic heterocycles. The Bertz CT molecular complexity index is 858. The number of halogens is 2. The maximum Gasteiger partial charge on any atom is 0.144 e. The van der Waals surface area contributed by atoms with Crippen molar-refractivity contribution in [2.24, 2.45) is 7.05 Å². The van der Waals surface area contributed by atoms with Crippen molar-refractivity contribution in [3.05, 3.63) is 57.1 Å². The van der Waals surface area contributed by atoms with Gasteiger partial charge in [0.1, 0.15) is 11.8 Å². The van der Waals surface area contributed by atoms with Crippen LogP contribution in [0.4, 0.5) is 11.4 Å². The predicted molar refractivity (Wildman–Crippen MR) is 92.8 cm³/mol. The van der Waals surface area contributed by atoms with Crippen molar-refractivity contribution in [3.8, 4) is 6.07 Å². The summed E-state index contributed by atoms with van der Waals surface area (Å²) in [4.78, 5) is 0. The Balaban J connectivity index is 2.18. The zero-order chi connectivity index (χ0) is 15.0. The molecule has 3 rings (SSSR count). The van der Waals surface area contributed by atoms with Gasteiger partial charge < -0.3 is 9.88 Å². The van der Waals surface area contributed by atoms with Gasteiger partial charge in [0.2, 0.25) is 0 Å². The van der Waals surface area contributed by atoms with Crippen LogP contribution in [0, 0.1) is 11.3 Å². The summed E-state index contributed by atoms with van der Waals surface area (Å²) < 4.78 is 3.92. The number of rotatable bonds is 2. The first-order chi connectivity index (χ1) is 10.1. The van der Waals surface area contributed by atoms with E-state index in [1.165, 1.54) is 0 Å². The lowest BCUT2D eigenvalue weighted by Gasteiger charge is -2.06. The van der Waals surface area contributed by atoms with Crippen LogP contribution >= 0.6 is 31.9 Å². The summed E-state index contributed by atoms with van der Waals surface area (Å²) in [6.45, 7) is 0. The first-order valence-electron chi connectivity index (χ1n) is 6.31. The average molecular weight is 405 g/mol. The van der Waals surface area contributed by atoms with E-state index in [1.807, 2.05) is 54.1 Å². The number of fused-ring (bicyclic) bond motifs is 1. The summed E-state index contributed by atoms with van der Waals surface area (Å²) in [7, 11) is 1.90. The Hall–Kier alpha value is -1.77. The average Bonchev–Trinajstić information content (AvgIpc) is 2.73. The minimum atomic E-state index is 0.617. The van der Waals surface area contributed by atoms with Gasteiger partial charge in [0, 0.05) is 27.1 Å². The first-order valence-corrected chi connectivity index (χ1v) is 7.89. The van der Waals surface area contributed by atoms with Crippen LogP contribution in [0.5, 0.6) is 0 Å². The Morgan fingerprint density at radius 2 is 1.71 bits per heavy atom. The second-order valence-electron chi connectivity index (χ2n) is 4.69. The van der Waals surface area contributed by atoms with Gasteiger partial charge in [-0.15, -0.1) is 0 Å². The molecule has 0 radical (unpaired) electrons. The van der Waals surface area contributed by atoms with Gasteiger partial charge in [-0.25, -0.2) is 0 Å². The van der Waals surface area contributed by atoms with Crippen LogP contribution in [0.15, 0.2) is 51.4 Å². The molecular formula is C16H11Br2N3. The number of nitrogens with zero attached hydrogens (tertiary/aromatic N) is 2. The highest BCUT2D eigenvalue weighted by atomic mass is 79.9. The summed E-state index contributed by atoms with van der Waals surface area (Å²) in [6.07, 6.45) is 0. The number of anilines is 2. The van der Waals surface area contributed by atoms with Gasteiger partial charge in [-0.1, -0.05) is 31.9 Å². The van der Waals surface area contributed by atoms with Gasteiger partial charge in [-0.2, -0.15) is 5.26 Å². The van der Waals surface area contributed by atoms with Gasteiger partial charge in [0.15, 0.2) is 0 Å². The number of nitriles is 1. The second kappa shape index (κ2) is 5.55. The van der Waals surface area contributed by atoms with Gasteiger partial charge in [0.25, 0.3) is 0 Å². The van der Waals surface area contributed by atoms with E-state index in [4.69, 9.17) is 0 Å². The van der Waals surface area contributed by atoms with Crippen molar-refractivity contribution in [3.63, 3.8) is 0 Å². The topological polar surface area (TPSA) is 40.8 Å². The van der Waals surface area contributed by atoms with Crippen molar-refractivity contribution >= 4 is 54.1 Å². The number of hydrogen-bond acceptors (Lipinski definition) is 2. The van der Waals surface area contributed by atoms with E-state index < -0.39 is 0 Å². The van der Waals surface area contributed by atoms with Crippen molar-refractivity contribution in [2.45, 2.75) is 0 Å². The maximum absolute atomic E-state index is 9.46. The molecule has 0 fully saturated rings. The van der Waals surface area contributed by atoms with E-state index in [0.29, 0.717) is 5.69 Å². The van der Waals surface area contributed by atoms with Crippen molar-refractivity contribution in [1.82, 2.24) is 4.57 Å². The van der Waals surface area contributed by atoms with E-state index in [2.05, 4.69) is 43.2 Å². The summed E-state index contributed by atoms with van der Waals surface area (Å²) in [5.41, 5.74) is 3.42. The molecule has 0 amide bonds. The summed E-state index contributed by atoms with van der Waals surface area (Å²) >= 11 is 6.91. The lowest BCUT2D eigenvalue weighted by atomic mass is 10.2. The van der Waals surface area contributed by atoms with E-state index in [9.17, 15) is 5.26 Å². The van der Waals surface area contributed by atoms with Crippen LogP contribution in [-0.2, 0) is 7.05 Å². The monoisotopic (exact) mass is 403 g/mol. The molecule has 0 saturated carbocycles. The van der Waals surface area contributed by atoms with Crippen LogP contribution in [-0.4, -0.2) is 4.57 Å². The molecule has 104 valence electrons. The second-order valence-corrected chi connectivity index (χ2v) is 6.52. The summed E-state index contributed by atoms with van der Waals surface area (Å²) in [5.74, 6) is 0. The minimum absolute atomic E-state index is 0.617. The van der Waals surface area contributed by atoms with Crippen molar-refractivity contribution in [2.75, 3.05) is 5.32 Å². The fourth-order valence-corrected chi connectivity index (χ4v) is 2.98. The first kappa shape index (κ1) is 14.2. The zero-order valence-electron chi connectivity index (χ0n) is 11.2. The number of hydrogen-bond donors (Lipinski definition) is 1. The lowest BCUT2D eigenvalue weighted by molar-refractivity contribution is 0.948. The van der Waals surface area contributed by atoms with E-state index in [-0.39, 0.29) is 0 Å². The summed E-state index contributed by atoms with van der Waals surface area (Å²) in [5, 5.41) is 13.8. The van der Waals surface area contributed by atoms with E-state index in [0.717, 1.165) is 31.2 Å². The number of aromatic nitrogens is 1. The third-order valence-electron chi connectivity index (χ3n) is 3.38. The molecule has 0 aliphatic rings. The normalized spacial score (nSPS) is 10.6. The molecule has 0 atom stereocenters. The van der Waals surface area contributed by atoms with Crippen molar-refractivity contribution < 1.29 is 0 Å². The third kappa shape index (κ3) is 2.57. The zero-order valence-corrected chi connectivity index (χ0v) is 14.4. The van der Waals surface area contributed by atoms with Crippen LogP contribution in [0.25, 0.3) is 10.9 Å². The quantitative estimate of drug-likeness (QED) is 0.627. The van der Waals surface area contributed by atoms with Crippen molar-refractivity contribution in [1.29, 1.82) is 5.26 Å². The van der Waals surface area contributed by atoms with Gasteiger partial charge in [0.05, 0.1) is 11.2 Å². The highest BCUT2D eigenvalue weighted by Crippen LogP contribution is 2.34. The van der Waals surface area contributed by atoms with Crippen LogP contribution in [0.3, 0.4) is 0 Å². The Labute approximate surface area is 139 Å². The Morgan fingerprint density at radius 3 is 2.38 bits per heavy atom. The Morgan fingerprint density at radius 1 is 1.05 bits per heavy atom. The summed E-state index contributed by atoms with van der Waals surface area (Å²) in [6, 6.07) is 16.2. The largest absolute Gasteiger partial charge is 0.353 e. The molecule has 0 spiro atoms. The molecule has 0 aliphatic heterocycles. The smallest absolute Gasteiger partial charge is 0.144 e. The Kier molecular flexibility index (Phi) is 3.75. The highest BCUT2D eigenvalue weighted by Gasteiger charge is 2.15. The fraction of sp³-hybridized carbons (Fsp3) is 0.0625. The molecule has 0 saturated heterocycles. The predicted octanol–water partition coefficient (Wildman–Crippen LogP) is 5.32. The van der Waals surface area contributed by atoms with E-state index in [1.54, 1.807) is 0 Å². The van der Waals surface area contributed by atoms with Gasteiger partial charge in [-0.05, 0) is 42.5 Å². The molecular weight excluding hydrogens is 394 g/mol. The number of nitrogens with one attached hydrogen (secondary N) is 1. The minimum Gasteiger partial charge on any atom is -0.353 e. The van der Waals surface area contributed by atoms with Gasteiger partial charge in [-0.3, -0.25) is 0 Å². The molecule has 1 heterocycles. The number of benzene rings is 2. The molecule has 3 aromatic rings. The molecule has 5 heteroatoms. The number of aryl methyl sites for hydroxylation is 1. The molecule has 21 heavy (non-hydrogen) atoms. The maximum atomic E-state index is 9.46. The SMILES string of the molecule is Cn1c(C#N)c(Nc2ccc(Br)cc2)c2cc(Br)ccc21. The van der Waals surface area contributed by atoms with E-state index >= 15 is 0 Å². The standard InChI is InChI=1S/C16H11Br2N3/c1-21-14-7-4-11(18)8-13(14)16(15(21)9-19)20-12-5-2-10(17)3-6-12/h2-8,20H,1H3.